The fourth-order valence-electron chi connectivity index (χ4n) is 2.98. The third-order valence-corrected chi connectivity index (χ3v) is 6.44. The Kier molecular flexibility index (Phi) is 4.99. The first-order valence-corrected chi connectivity index (χ1v) is 10.3. The maximum atomic E-state index is 12.8. The summed E-state index contributed by atoms with van der Waals surface area (Å²) in [5.41, 5.74) is -1.66. The molecule has 2 aromatic heterocycles. The number of aryl methyl sites for hydroxylation is 4. The largest absolute Gasteiger partial charge is 0.534 e. The Morgan fingerprint density at radius 3 is 2.14 bits per heavy atom. The Morgan fingerprint density at radius 2 is 1.61 bits per heavy atom. The number of rotatable bonds is 3. The van der Waals surface area contributed by atoms with Gasteiger partial charge in [0.05, 0.1) is 5.39 Å². The average Bonchev–Trinajstić information content (AvgIpc) is 2.87. The van der Waals surface area contributed by atoms with Gasteiger partial charge in [0.1, 0.15) is 5.65 Å². The van der Waals surface area contributed by atoms with Crippen molar-refractivity contribution in [3.8, 4) is 11.4 Å². The zero-order chi connectivity index (χ0) is 21.0. The van der Waals surface area contributed by atoms with Crippen LogP contribution in [0.15, 0.2) is 28.9 Å². The maximum Gasteiger partial charge on any atom is 0.534 e. The Hall–Kier alpha value is -2.07. The van der Waals surface area contributed by atoms with Crippen molar-refractivity contribution in [2.24, 2.45) is 0 Å². The molecule has 3 aromatic rings. The Balaban J connectivity index is 2.27. The van der Waals surface area contributed by atoms with Gasteiger partial charge in [-0.15, -0.1) is 0 Å². The van der Waals surface area contributed by atoms with E-state index in [-0.39, 0.29) is 5.39 Å². The molecule has 0 saturated heterocycles. The molecule has 0 spiro atoms. The average molecular weight is 477 g/mol. The molecule has 0 N–H and O–H groups in total. The molecule has 0 radical (unpaired) electrons. The third kappa shape index (κ3) is 3.50. The molecule has 0 saturated carbocycles. The Morgan fingerprint density at radius 1 is 1.04 bits per heavy atom. The summed E-state index contributed by atoms with van der Waals surface area (Å²) in [5, 5.41) is 0.205. The number of hydrogen-bond acceptors (Lipinski definition) is 4. The summed E-state index contributed by atoms with van der Waals surface area (Å²) >= 11 is 3.50. The fraction of sp³-hybridized carbons (Fsp3) is 0.278. The second kappa shape index (κ2) is 6.77. The summed E-state index contributed by atoms with van der Waals surface area (Å²) < 4.78 is 68.5. The molecule has 0 unspecified atom stereocenters. The van der Waals surface area contributed by atoms with E-state index < -0.39 is 21.4 Å². The molecule has 0 bridgehead atoms. The predicted molar refractivity (Wildman–Crippen MR) is 103 cm³/mol. The summed E-state index contributed by atoms with van der Waals surface area (Å²) in [6.45, 7) is 7.04. The van der Waals surface area contributed by atoms with Crippen LogP contribution in [0.1, 0.15) is 22.4 Å². The van der Waals surface area contributed by atoms with Crippen LogP contribution in [0, 0.1) is 27.7 Å². The van der Waals surface area contributed by atoms with Gasteiger partial charge in [-0.05, 0) is 56.5 Å². The number of benzene rings is 1. The Bertz CT molecular complexity index is 1180. The van der Waals surface area contributed by atoms with Crippen molar-refractivity contribution in [2.75, 3.05) is 0 Å². The minimum absolute atomic E-state index is 0.205. The molecule has 0 aliphatic carbocycles. The molecule has 2 heterocycles. The molecular formula is C18H16BrF3N2O3S. The molecule has 10 heteroatoms. The summed E-state index contributed by atoms with van der Waals surface area (Å²) in [6, 6.07) is 4.97. The van der Waals surface area contributed by atoms with Crippen LogP contribution in [0.25, 0.3) is 16.7 Å². The van der Waals surface area contributed by atoms with E-state index in [4.69, 9.17) is 0 Å². The van der Waals surface area contributed by atoms with Gasteiger partial charge >= 0.3 is 15.6 Å². The van der Waals surface area contributed by atoms with Gasteiger partial charge in [-0.2, -0.15) is 21.6 Å². The van der Waals surface area contributed by atoms with Crippen LogP contribution in [0.4, 0.5) is 13.2 Å². The summed E-state index contributed by atoms with van der Waals surface area (Å²) in [6.07, 6.45) is 1.69. The number of halogens is 4. The zero-order valence-electron chi connectivity index (χ0n) is 15.3. The highest BCUT2D eigenvalue weighted by molar-refractivity contribution is 9.10. The van der Waals surface area contributed by atoms with Crippen molar-refractivity contribution < 1.29 is 25.8 Å². The van der Waals surface area contributed by atoms with E-state index in [1.165, 1.54) is 6.07 Å². The van der Waals surface area contributed by atoms with E-state index >= 15 is 0 Å². The minimum atomic E-state index is -5.79. The molecule has 5 nitrogen and oxygen atoms in total. The number of alkyl halides is 3. The lowest BCUT2D eigenvalue weighted by Crippen LogP contribution is -2.28. The van der Waals surface area contributed by atoms with Crippen LogP contribution in [0.3, 0.4) is 0 Å². The number of pyridine rings is 1. The zero-order valence-corrected chi connectivity index (χ0v) is 17.8. The van der Waals surface area contributed by atoms with Gasteiger partial charge in [-0.3, -0.25) is 0 Å². The van der Waals surface area contributed by atoms with Crippen molar-refractivity contribution in [1.29, 1.82) is 0 Å². The first-order valence-electron chi connectivity index (χ1n) is 8.09. The van der Waals surface area contributed by atoms with Gasteiger partial charge in [-0.1, -0.05) is 15.9 Å². The van der Waals surface area contributed by atoms with Crippen molar-refractivity contribution in [2.45, 2.75) is 33.2 Å². The van der Waals surface area contributed by atoms with E-state index in [1.807, 2.05) is 26.0 Å². The monoisotopic (exact) mass is 476 g/mol. The van der Waals surface area contributed by atoms with E-state index in [1.54, 1.807) is 24.6 Å². The van der Waals surface area contributed by atoms with Gasteiger partial charge in [0.25, 0.3) is 0 Å². The second-order valence-electron chi connectivity index (χ2n) is 6.52. The van der Waals surface area contributed by atoms with Crippen molar-refractivity contribution in [3.05, 3.63) is 51.3 Å². The fourth-order valence-corrected chi connectivity index (χ4v) is 3.67. The highest BCUT2D eigenvalue weighted by atomic mass is 79.9. The van der Waals surface area contributed by atoms with Crippen molar-refractivity contribution in [3.63, 3.8) is 0 Å². The number of nitrogens with zero attached hydrogens (tertiary/aromatic N) is 2. The number of hydrogen-bond donors (Lipinski definition) is 0. The third-order valence-electron chi connectivity index (χ3n) is 4.22. The van der Waals surface area contributed by atoms with E-state index in [0.717, 1.165) is 21.3 Å². The topological polar surface area (TPSA) is 61.2 Å². The molecule has 0 atom stereocenters. The first-order chi connectivity index (χ1) is 12.8. The lowest BCUT2D eigenvalue weighted by atomic mass is 10.1. The maximum absolute atomic E-state index is 12.8. The molecule has 3 rings (SSSR count). The number of aromatic nitrogens is 2. The first kappa shape index (κ1) is 20.7. The smallest absolute Gasteiger partial charge is 0.375 e. The molecule has 0 amide bonds. The van der Waals surface area contributed by atoms with E-state index in [2.05, 4.69) is 25.1 Å². The van der Waals surface area contributed by atoms with Gasteiger partial charge in [0, 0.05) is 28.1 Å². The summed E-state index contributed by atoms with van der Waals surface area (Å²) in [4.78, 5) is 4.40. The van der Waals surface area contributed by atoms with E-state index in [0.29, 0.717) is 16.9 Å². The van der Waals surface area contributed by atoms with Gasteiger partial charge in [0.2, 0.25) is 0 Å². The van der Waals surface area contributed by atoms with Crippen LogP contribution in [0.2, 0.25) is 0 Å². The van der Waals surface area contributed by atoms with Crippen LogP contribution in [-0.2, 0) is 10.1 Å². The quantitative estimate of drug-likeness (QED) is 0.382. The molecule has 28 heavy (non-hydrogen) atoms. The van der Waals surface area contributed by atoms with Gasteiger partial charge < -0.3 is 8.75 Å². The lowest BCUT2D eigenvalue weighted by molar-refractivity contribution is -0.0499. The SMILES string of the molecule is Cc1cc(OS(=O)(=O)C(F)(F)F)c2c(C)cn(-c3cc(C)c(Br)c(C)c3)c2n1. The summed E-state index contributed by atoms with van der Waals surface area (Å²) in [7, 11) is -5.79. The van der Waals surface area contributed by atoms with Crippen LogP contribution < -0.4 is 4.18 Å². The molecule has 0 aliphatic rings. The van der Waals surface area contributed by atoms with Gasteiger partial charge in [-0.25, -0.2) is 4.98 Å². The molecular weight excluding hydrogens is 461 g/mol. The van der Waals surface area contributed by atoms with Crippen molar-refractivity contribution in [1.82, 2.24) is 9.55 Å². The van der Waals surface area contributed by atoms with Crippen LogP contribution in [-0.4, -0.2) is 23.5 Å². The number of fused-ring (bicyclic) bond motifs is 1. The van der Waals surface area contributed by atoms with E-state index in [9.17, 15) is 21.6 Å². The highest BCUT2D eigenvalue weighted by Gasteiger charge is 2.48. The van der Waals surface area contributed by atoms with Crippen LogP contribution >= 0.6 is 15.9 Å². The molecule has 1 aromatic carbocycles. The minimum Gasteiger partial charge on any atom is -0.375 e. The lowest BCUT2D eigenvalue weighted by Gasteiger charge is -2.13. The summed E-state index contributed by atoms with van der Waals surface area (Å²) in [5.74, 6) is -0.401. The van der Waals surface area contributed by atoms with Crippen molar-refractivity contribution >= 4 is 37.1 Å². The predicted octanol–water partition coefficient (Wildman–Crippen LogP) is 5.25. The second-order valence-corrected chi connectivity index (χ2v) is 8.85. The normalized spacial score (nSPS) is 12.6. The Labute approximate surface area is 168 Å². The molecule has 150 valence electrons. The molecule has 0 aliphatic heterocycles. The van der Waals surface area contributed by atoms with Gasteiger partial charge in [0.15, 0.2) is 5.75 Å². The van der Waals surface area contributed by atoms with Crippen LogP contribution in [0.5, 0.6) is 5.75 Å². The molecule has 0 fully saturated rings. The highest BCUT2D eigenvalue weighted by Crippen LogP contribution is 2.36. The standard InChI is InChI=1S/C18H16BrF3N2O3S/c1-9-5-13(6-10(2)16(9)19)24-8-11(3)15-14(7-12(4)23-17(15)24)27-28(25,26)18(20,21)22/h5-8H,1-4H3.